The van der Waals surface area contributed by atoms with Gasteiger partial charge in [0, 0.05) is 7.05 Å². The van der Waals surface area contributed by atoms with Crippen LogP contribution in [0.4, 0.5) is 27.8 Å². The Morgan fingerprint density at radius 1 is 0.700 bits per heavy atom. The van der Waals surface area contributed by atoms with E-state index in [1.165, 1.54) is 27.8 Å². The van der Waals surface area contributed by atoms with Crippen LogP contribution in [0.15, 0.2) is 66.0 Å². The molecule has 0 saturated carbocycles. The van der Waals surface area contributed by atoms with Gasteiger partial charge in [-0.2, -0.15) is 0 Å². The number of hydrogen-bond acceptors (Lipinski definition) is 3. The van der Waals surface area contributed by atoms with E-state index < -0.39 is 0 Å². The third kappa shape index (κ3) is 1.57. The highest BCUT2D eigenvalue weighted by atomic mass is 32.1. The zero-order chi connectivity index (χ0) is 13.5. The van der Waals surface area contributed by atoms with Crippen LogP contribution in [0, 0.1) is 0 Å². The highest BCUT2D eigenvalue weighted by Gasteiger charge is 2.26. The zero-order valence-corrected chi connectivity index (χ0v) is 12.0. The molecule has 0 N–H and O–H groups in total. The normalized spacial score (nSPS) is 13.1. The monoisotopic (exact) mass is 278 g/mol. The molecular weight excluding hydrogens is 264 g/mol. The summed E-state index contributed by atoms with van der Waals surface area (Å²) in [6.07, 6.45) is 0. The predicted molar refractivity (Wildman–Crippen MR) is 87.1 cm³/mol. The van der Waals surface area contributed by atoms with Crippen LogP contribution in [0.2, 0.25) is 0 Å². The van der Waals surface area contributed by atoms with Crippen LogP contribution >= 0.6 is 11.3 Å². The molecule has 3 heteroatoms. The van der Waals surface area contributed by atoms with E-state index in [2.05, 4.69) is 82.9 Å². The van der Waals surface area contributed by atoms with Gasteiger partial charge in [-0.15, -0.1) is 11.3 Å². The fourth-order valence-corrected chi connectivity index (χ4v) is 3.52. The SMILES string of the molecule is CN1c2ccccc2N(c2cccs2)c2ccccc21. The summed E-state index contributed by atoms with van der Waals surface area (Å²) in [6.45, 7) is 0. The summed E-state index contributed by atoms with van der Waals surface area (Å²) < 4.78 is 0. The molecule has 0 bridgehead atoms. The van der Waals surface area contributed by atoms with Gasteiger partial charge in [0.1, 0.15) is 5.00 Å². The summed E-state index contributed by atoms with van der Waals surface area (Å²) in [5.41, 5.74) is 4.94. The van der Waals surface area contributed by atoms with Gasteiger partial charge < -0.3 is 4.90 Å². The molecule has 20 heavy (non-hydrogen) atoms. The minimum Gasteiger partial charge on any atom is -0.341 e. The smallest absolute Gasteiger partial charge is 0.100 e. The average Bonchev–Trinajstić information content (AvgIpc) is 3.02. The average molecular weight is 278 g/mol. The molecule has 1 aliphatic rings. The Hall–Kier alpha value is -2.26. The van der Waals surface area contributed by atoms with Crippen molar-refractivity contribution in [3.05, 3.63) is 66.0 Å². The van der Waals surface area contributed by atoms with E-state index in [4.69, 9.17) is 0 Å². The zero-order valence-electron chi connectivity index (χ0n) is 11.2. The van der Waals surface area contributed by atoms with Gasteiger partial charge in [-0.25, -0.2) is 0 Å². The van der Waals surface area contributed by atoms with Gasteiger partial charge >= 0.3 is 0 Å². The standard InChI is InChI=1S/C17H14N2S/c1-18-13-7-2-4-9-15(13)19(17-11-6-12-20-17)16-10-5-3-8-14(16)18/h2-12H,1H3. The lowest BCUT2D eigenvalue weighted by Gasteiger charge is -2.37. The Morgan fingerprint density at radius 3 is 1.75 bits per heavy atom. The number of fused-ring (bicyclic) bond motifs is 2. The first-order valence-corrected chi connectivity index (χ1v) is 7.49. The van der Waals surface area contributed by atoms with E-state index in [1.807, 2.05) is 0 Å². The molecule has 2 nitrogen and oxygen atoms in total. The predicted octanol–water partition coefficient (Wildman–Crippen LogP) is 5.30. The maximum absolute atomic E-state index is 2.34. The molecule has 0 radical (unpaired) electrons. The third-order valence-corrected chi connectivity index (χ3v) is 4.55. The molecule has 0 amide bonds. The van der Waals surface area contributed by atoms with Crippen molar-refractivity contribution in [3.63, 3.8) is 0 Å². The van der Waals surface area contributed by atoms with Crippen molar-refractivity contribution in [2.75, 3.05) is 16.8 Å². The molecule has 2 heterocycles. The minimum atomic E-state index is 1.23. The lowest BCUT2D eigenvalue weighted by Crippen LogP contribution is -2.23. The number of para-hydroxylation sites is 4. The molecule has 0 unspecified atom stereocenters. The van der Waals surface area contributed by atoms with Crippen LogP contribution < -0.4 is 9.80 Å². The number of nitrogens with zero attached hydrogens (tertiary/aromatic N) is 2. The molecule has 0 atom stereocenters. The maximum atomic E-state index is 2.34. The van der Waals surface area contributed by atoms with E-state index in [-0.39, 0.29) is 0 Å². The quantitative estimate of drug-likeness (QED) is 0.596. The van der Waals surface area contributed by atoms with E-state index in [1.54, 1.807) is 11.3 Å². The largest absolute Gasteiger partial charge is 0.341 e. The van der Waals surface area contributed by atoms with Crippen molar-refractivity contribution < 1.29 is 0 Å². The number of benzene rings is 2. The lowest BCUT2D eigenvalue weighted by atomic mass is 10.1. The van der Waals surface area contributed by atoms with Crippen molar-refractivity contribution in [1.29, 1.82) is 0 Å². The summed E-state index contributed by atoms with van der Waals surface area (Å²) in [4.78, 5) is 4.60. The molecule has 0 spiro atoms. The first-order chi connectivity index (χ1) is 9.86. The van der Waals surface area contributed by atoms with Crippen molar-refractivity contribution in [2.45, 2.75) is 0 Å². The molecule has 98 valence electrons. The Morgan fingerprint density at radius 2 is 1.25 bits per heavy atom. The Labute approximate surface area is 122 Å². The van der Waals surface area contributed by atoms with Crippen molar-refractivity contribution in [2.24, 2.45) is 0 Å². The van der Waals surface area contributed by atoms with E-state index in [0.29, 0.717) is 0 Å². The second-order valence-electron chi connectivity index (χ2n) is 4.82. The van der Waals surface area contributed by atoms with Gasteiger partial charge in [0.2, 0.25) is 0 Å². The van der Waals surface area contributed by atoms with Crippen molar-refractivity contribution in [3.8, 4) is 0 Å². The summed E-state index contributed by atoms with van der Waals surface area (Å²) in [5.74, 6) is 0. The van der Waals surface area contributed by atoms with Gasteiger partial charge in [0.05, 0.1) is 22.7 Å². The van der Waals surface area contributed by atoms with Gasteiger partial charge in [-0.3, -0.25) is 4.90 Å². The van der Waals surface area contributed by atoms with Crippen LogP contribution in [0.5, 0.6) is 0 Å². The highest BCUT2D eigenvalue weighted by Crippen LogP contribution is 2.51. The van der Waals surface area contributed by atoms with Crippen molar-refractivity contribution in [1.82, 2.24) is 0 Å². The molecule has 0 aliphatic carbocycles. The maximum Gasteiger partial charge on any atom is 0.100 e. The Balaban J connectivity index is 2.02. The van der Waals surface area contributed by atoms with Crippen LogP contribution in [-0.2, 0) is 0 Å². The highest BCUT2D eigenvalue weighted by molar-refractivity contribution is 7.14. The number of rotatable bonds is 1. The summed E-state index contributed by atoms with van der Waals surface area (Å²) in [6, 6.07) is 21.4. The Bertz CT molecular complexity index is 702. The summed E-state index contributed by atoms with van der Waals surface area (Å²) >= 11 is 1.77. The first-order valence-electron chi connectivity index (χ1n) is 6.62. The summed E-state index contributed by atoms with van der Waals surface area (Å²) in [7, 11) is 2.13. The molecule has 1 aromatic heterocycles. The fraction of sp³-hybridized carbons (Fsp3) is 0.0588. The van der Waals surface area contributed by atoms with E-state index in [0.717, 1.165) is 0 Å². The molecule has 1 aliphatic heterocycles. The second kappa shape index (κ2) is 4.39. The number of hydrogen-bond donors (Lipinski definition) is 0. The molecule has 4 rings (SSSR count). The number of thiophene rings is 1. The van der Waals surface area contributed by atoms with E-state index >= 15 is 0 Å². The second-order valence-corrected chi connectivity index (χ2v) is 5.75. The lowest BCUT2D eigenvalue weighted by molar-refractivity contribution is 1.14. The third-order valence-electron chi connectivity index (χ3n) is 3.69. The molecule has 2 aromatic carbocycles. The Kier molecular flexibility index (Phi) is 2.54. The summed E-state index contributed by atoms with van der Waals surface area (Å²) in [5, 5.41) is 3.37. The van der Waals surface area contributed by atoms with Gasteiger partial charge in [0.15, 0.2) is 0 Å². The fourth-order valence-electron chi connectivity index (χ4n) is 2.77. The van der Waals surface area contributed by atoms with Crippen LogP contribution in [0.1, 0.15) is 0 Å². The topological polar surface area (TPSA) is 6.48 Å². The first kappa shape index (κ1) is 11.6. The van der Waals surface area contributed by atoms with Crippen LogP contribution in [-0.4, -0.2) is 7.05 Å². The molecule has 0 saturated heterocycles. The molecular formula is C17H14N2S. The van der Waals surface area contributed by atoms with Gasteiger partial charge in [0.25, 0.3) is 0 Å². The minimum absolute atomic E-state index is 1.23. The molecule has 3 aromatic rings. The molecule has 0 fully saturated rings. The van der Waals surface area contributed by atoms with Crippen LogP contribution in [0.25, 0.3) is 0 Å². The van der Waals surface area contributed by atoms with Gasteiger partial charge in [-0.05, 0) is 41.8 Å². The number of anilines is 5. The van der Waals surface area contributed by atoms with E-state index in [9.17, 15) is 0 Å². The van der Waals surface area contributed by atoms with Crippen molar-refractivity contribution >= 4 is 39.1 Å². The van der Waals surface area contributed by atoms with Crippen LogP contribution in [0.3, 0.4) is 0 Å². The van der Waals surface area contributed by atoms with Gasteiger partial charge in [-0.1, -0.05) is 24.3 Å².